The van der Waals surface area contributed by atoms with Crippen LogP contribution in [0.25, 0.3) is 0 Å². The Morgan fingerprint density at radius 1 is 1.39 bits per heavy atom. The number of urea groups is 1. The average Bonchev–Trinajstić information content (AvgIpc) is 2.37. The Kier molecular flexibility index (Phi) is 5.96. The van der Waals surface area contributed by atoms with E-state index in [1.54, 1.807) is 18.2 Å². The number of nitrogens with one attached hydrogen (secondary N) is 2. The molecule has 3 N–H and O–H groups in total. The molecule has 0 saturated heterocycles. The number of benzene rings is 1. The van der Waals surface area contributed by atoms with Crippen LogP contribution in [0.2, 0.25) is 0 Å². The fourth-order valence-corrected chi connectivity index (χ4v) is 1.38. The summed E-state index contributed by atoms with van der Waals surface area (Å²) in [6.45, 7) is 0.295. The number of ether oxygens (including phenoxy) is 2. The van der Waals surface area contributed by atoms with Gasteiger partial charge in [-0.3, -0.25) is 0 Å². The van der Waals surface area contributed by atoms with Crippen molar-refractivity contribution in [3.63, 3.8) is 0 Å². The highest BCUT2D eigenvalue weighted by Crippen LogP contribution is 2.22. The largest absolute Gasteiger partial charge is 0.495 e. The van der Waals surface area contributed by atoms with Gasteiger partial charge < -0.3 is 25.2 Å². The fourth-order valence-electron chi connectivity index (χ4n) is 1.38. The highest BCUT2D eigenvalue weighted by Gasteiger charge is 2.08. The zero-order valence-corrected chi connectivity index (χ0v) is 10.5. The lowest BCUT2D eigenvalue weighted by Gasteiger charge is -2.13. The quantitative estimate of drug-likeness (QED) is 0.702. The van der Waals surface area contributed by atoms with Gasteiger partial charge in [0.2, 0.25) is 0 Å². The van der Waals surface area contributed by atoms with Crippen LogP contribution in [0.3, 0.4) is 0 Å². The molecule has 6 nitrogen and oxygen atoms in total. The number of hydrogen-bond donors (Lipinski definition) is 3. The molecule has 18 heavy (non-hydrogen) atoms. The highest BCUT2D eigenvalue weighted by atomic mass is 16.5. The summed E-state index contributed by atoms with van der Waals surface area (Å²) in [5, 5.41) is 14.5. The summed E-state index contributed by atoms with van der Waals surface area (Å²) in [6, 6.07) is 6.66. The zero-order valence-electron chi connectivity index (χ0n) is 10.5. The van der Waals surface area contributed by atoms with E-state index in [0.29, 0.717) is 11.4 Å². The number of carbonyl (C=O) groups excluding carboxylic acids is 1. The summed E-state index contributed by atoms with van der Waals surface area (Å²) in [7, 11) is 3.01. The van der Waals surface area contributed by atoms with Gasteiger partial charge in [-0.25, -0.2) is 4.79 Å². The predicted octanol–water partition coefficient (Wildman–Crippen LogP) is 0.824. The van der Waals surface area contributed by atoms with Crippen LogP contribution in [0, 0.1) is 0 Å². The molecule has 1 atom stereocenters. The van der Waals surface area contributed by atoms with E-state index in [2.05, 4.69) is 10.6 Å². The molecule has 0 aliphatic heterocycles. The molecule has 1 rings (SSSR count). The predicted molar refractivity (Wildman–Crippen MR) is 67.9 cm³/mol. The molecular weight excluding hydrogens is 236 g/mol. The van der Waals surface area contributed by atoms with Gasteiger partial charge in [-0.1, -0.05) is 12.1 Å². The fraction of sp³-hybridized carbons (Fsp3) is 0.417. The van der Waals surface area contributed by atoms with Gasteiger partial charge in [-0.15, -0.1) is 0 Å². The summed E-state index contributed by atoms with van der Waals surface area (Å²) < 4.78 is 9.85. The molecule has 0 bridgehead atoms. The maximum Gasteiger partial charge on any atom is 0.319 e. The Morgan fingerprint density at radius 3 is 2.78 bits per heavy atom. The van der Waals surface area contributed by atoms with Gasteiger partial charge in [0.25, 0.3) is 0 Å². The van der Waals surface area contributed by atoms with Crippen molar-refractivity contribution in [3.8, 4) is 5.75 Å². The number of aliphatic hydroxyl groups excluding tert-OH is 1. The van der Waals surface area contributed by atoms with Gasteiger partial charge >= 0.3 is 6.03 Å². The van der Waals surface area contributed by atoms with E-state index >= 15 is 0 Å². The third-order valence-electron chi connectivity index (χ3n) is 2.21. The molecular formula is C12H18N2O4. The molecule has 2 amide bonds. The Morgan fingerprint density at radius 2 is 2.11 bits per heavy atom. The zero-order chi connectivity index (χ0) is 13.4. The lowest BCUT2D eigenvalue weighted by Crippen LogP contribution is -2.37. The first-order valence-electron chi connectivity index (χ1n) is 5.52. The monoisotopic (exact) mass is 254 g/mol. The smallest absolute Gasteiger partial charge is 0.319 e. The average molecular weight is 254 g/mol. The van der Waals surface area contributed by atoms with E-state index < -0.39 is 12.1 Å². The van der Waals surface area contributed by atoms with Gasteiger partial charge in [0.05, 0.1) is 25.5 Å². The molecule has 0 aromatic heterocycles. The minimum atomic E-state index is -0.724. The van der Waals surface area contributed by atoms with E-state index in [0.717, 1.165) is 0 Å². The van der Waals surface area contributed by atoms with Crippen LogP contribution in [0.4, 0.5) is 10.5 Å². The first-order chi connectivity index (χ1) is 8.67. The third kappa shape index (κ3) is 4.60. The summed E-state index contributed by atoms with van der Waals surface area (Å²) in [5.41, 5.74) is 0.568. The molecule has 0 aliphatic rings. The summed E-state index contributed by atoms with van der Waals surface area (Å²) >= 11 is 0. The Balaban J connectivity index is 2.44. The third-order valence-corrected chi connectivity index (χ3v) is 2.21. The van der Waals surface area contributed by atoms with Gasteiger partial charge in [0.1, 0.15) is 5.75 Å². The number of rotatable bonds is 6. The van der Waals surface area contributed by atoms with Gasteiger partial charge in [0.15, 0.2) is 0 Å². The van der Waals surface area contributed by atoms with Crippen molar-refractivity contribution >= 4 is 11.7 Å². The van der Waals surface area contributed by atoms with Crippen LogP contribution in [-0.2, 0) is 4.74 Å². The van der Waals surface area contributed by atoms with Crippen LogP contribution < -0.4 is 15.4 Å². The Hall–Kier alpha value is -1.79. The molecule has 100 valence electrons. The van der Waals surface area contributed by atoms with Crippen molar-refractivity contribution < 1.29 is 19.4 Å². The topological polar surface area (TPSA) is 79.8 Å². The van der Waals surface area contributed by atoms with Crippen molar-refractivity contribution in [3.05, 3.63) is 24.3 Å². The van der Waals surface area contributed by atoms with Crippen LogP contribution in [0.1, 0.15) is 0 Å². The maximum atomic E-state index is 11.6. The SMILES string of the molecule is COCC(O)CNC(=O)Nc1ccccc1OC. The molecule has 0 aliphatic carbocycles. The Bertz CT molecular complexity index is 384. The molecule has 1 aromatic carbocycles. The molecule has 1 aromatic rings. The second-order valence-corrected chi connectivity index (χ2v) is 3.64. The van der Waals surface area contributed by atoms with Crippen molar-refractivity contribution in [2.24, 2.45) is 0 Å². The first kappa shape index (κ1) is 14.3. The van der Waals surface area contributed by atoms with Crippen molar-refractivity contribution in [2.45, 2.75) is 6.10 Å². The molecule has 0 fully saturated rings. The molecule has 0 radical (unpaired) electrons. The first-order valence-corrected chi connectivity index (χ1v) is 5.52. The molecule has 6 heteroatoms. The van der Waals surface area contributed by atoms with Crippen molar-refractivity contribution in [1.82, 2.24) is 5.32 Å². The van der Waals surface area contributed by atoms with Crippen molar-refractivity contribution in [1.29, 1.82) is 0 Å². The number of amides is 2. The molecule has 0 heterocycles. The lowest BCUT2D eigenvalue weighted by atomic mass is 10.3. The molecule has 0 spiro atoms. The molecule has 0 saturated carbocycles. The second kappa shape index (κ2) is 7.52. The highest BCUT2D eigenvalue weighted by molar-refractivity contribution is 5.90. The number of aliphatic hydroxyl groups is 1. The summed E-state index contributed by atoms with van der Waals surface area (Å²) in [5.74, 6) is 0.574. The molecule has 1 unspecified atom stereocenters. The number of methoxy groups -OCH3 is 2. The van der Waals surface area contributed by atoms with Crippen molar-refractivity contribution in [2.75, 3.05) is 32.7 Å². The van der Waals surface area contributed by atoms with E-state index in [4.69, 9.17) is 9.47 Å². The van der Waals surface area contributed by atoms with Crippen LogP contribution in [-0.4, -0.2) is 44.6 Å². The number of carbonyl (C=O) groups is 1. The maximum absolute atomic E-state index is 11.6. The van der Waals surface area contributed by atoms with E-state index in [1.807, 2.05) is 6.07 Å². The van der Waals surface area contributed by atoms with Crippen LogP contribution >= 0.6 is 0 Å². The minimum absolute atomic E-state index is 0.120. The van der Waals surface area contributed by atoms with Crippen LogP contribution in [0.15, 0.2) is 24.3 Å². The summed E-state index contributed by atoms with van der Waals surface area (Å²) in [6.07, 6.45) is -0.724. The number of hydrogen-bond acceptors (Lipinski definition) is 4. The second-order valence-electron chi connectivity index (χ2n) is 3.64. The van der Waals surface area contributed by atoms with Crippen LogP contribution in [0.5, 0.6) is 5.75 Å². The number of para-hydroxylation sites is 2. The van der Waals surface area contributed by atoms with Gasteiger partial charge in [-0.05, 0) is 12.1 Å². The number of anilines is 1. The van der Waals surface area contributed by atoms with Gasteiger partial charge in [0, 0.05) is 13.7 Å². The van der Waals surface area contributed by atoms with Gasteiger partial charge in [-0.2, -0.15) is 0 Å². The minimum Gasteiger partial charge on any atom is -0.495 e. The van der Waals surface area contributed by atoms with E-state index in [1.165, 1.54) is 14.2 Å². The lowest BCUT2D eigenvalue weighted by molar-refractivity contribution is 0.0663. The van der Waals surface area contributed by atoms with E-state index in [9.17, 15) is 9.90 Å². The normalized spacial score (nSPS) is 11.7. The summed E-state index contributed by atoms with van der Waals surface area (Å²) in [4.78, 5) is 11.6. The van der Waals surface area contributed by atoms with E-state index in [-0.39, 0.29) is 13.2 Å². The standard InChI is InChI=1S/C12H18N2O4/c1-17-8-9(15)7-13-12(16)14-10-5-3-4-6-11(10)18-2/h3-6,9,15H,7-8H2,1-2H3,(H2,13,14,16). The Labute approximate surface area is 106 Å².